The highest BCUT2D eigenvalue weighted by atomic mass is 16.5. The molecule has 0 radical (unpaired) electrons. The van der Waals surface area contributed by atoms with Crippen LogP contribution in [0.15, 0.2) is 24.3 Å². The minimum atomic E-state index is -0.00879. The van der Waals surface area contributed by atoms with Gasteiger partial charge in [-0.05, 0) is 45.2 Å². The Morgan fingerprint density at radius 2 is 2.22 bits per heavy atom. The zero-order valence-electron chi connectivity index (χ0n) is 13.4. The molecule has 0 spiro atoms. The van der Waals surface area contributed by atoms with Crippen molar-refractivity contribution in [1.29, 1.82) is 0 Å². The van der Waals surface area contributed by atoms with Crippen LogP contribution in [-0.4, -0.2) is 28.1 Å². The third-order valence-electron chi connectivity index (χ3n) is 4.97. The van der Waals surface area contributed by atoms with Gasteiger partial charge in [-0.3, -0.25) is 4.79 Å². The monoisotopic (exact) mass is 311 g/mol. The van der Waals surface area contributed by atoms with Gasteiger partial charge in [0.05, 0.1) is 23.8 Å². The zero-order chi connectivity index (χ0) is 16.0. The number of carbonyl (C=O) groups excluding carboxylic acids is 1. The highest BCUT2D eigenvalue weighted by molar-refractivity contribution is 5.93. The van der Waals surface area contributed by atoms with Gasteiger partial charge in [-0.15, -0.1) is 0 Å². The molecule has 4 rings (SSSR count). The van der Waals surface area contributed by atoms with E-state index in [-0.39, 0.29) is 24.0 Å². The Labute approximate surface area is 135 Å². The number of aromatic nitrogens is 2. The first-order valence-electron chi connectivity index (χ1n) is 8.20. The number of rotatable bonds is 3. The van der Waals surface area contributed by atoms with Crippen LogP contribution >= 0.6 is 0 Å². The van der Waals surface area contributed by atoms with Crippen LogP contribution in [0.25, 0.3) is 11.4 Å². The minimum absolute atomic E-state index is 0.00879. The van der Waals surface area contributed by atoms with E-state index in [1.807, 2.05) is 38.1 Å². The van der Waals surface area contributed by atoms with Crippen molar-refractivity contribution in [2.45, 2.75) is 45.3 Å². The summed E-state index contributed by atoms with van der Waals surface area (Å²) in [5.41, 5.74) is 3.84. The van der Waals surface area contributed by atoms with Gasteiger partial charge in [0, 0.05) is 16.9 Å². The molecular formula is C18H21N3O2. The number of hydrogen-bond donors (Lipinski definition) is 2. The van der Waals surface area contributed by atoms with Crippen molar-refractivity contribution in [3.63, 3.8) is 0 Å². The average molecular weight is 311 g/mol. The van der Waals surface area contributed by atoms with E-state index in [9.17, 15) is 4.79 Å². The molecular weight excluding hydrogens is 290 g/mol. The second-order valence-corrected chi connectivity index (χ2v) is 6.58. The highest BCUT2D eigenvalue weighted by Gasteiger charge is 2.44. The molecule has 23 heavy (non-hydrogen) atoms. The predicted molar refractivity (Wildman–Crippen MR) is 88.1 cm³/mol. The molecule has 2 bridgehead atoms. The molecule has 5 heteroatoms. The SMILES string of the molecule is Cc1nc(-c2cccc(NC(=O)[C@@H]3C[C@H]4CC[C@H]3O4)c2)[nH]c1C. The summed E-state index contributed by atoms with van der Waals surface area (Å²) in [5, 5.41) is 3.04. The number of hydrogen-bond acceptors (Lipinski definition) is 3. The maximum Gasteiger partial charge on any atom is 0.230 e. The molecule has 0 unspecified atom stereocenters. The summed E-state index contributed by atoms with van der Waals surface area (Å²) < 4.78 is 5.78. The van der Waals surface area contributed by atoms with Crippen LogP contribution in [0.4, 0.5) is 5.69 Å². The standard InChI is InChI=1S/C18H21N3O2/c1-10-11(2)20-17(19-10)12-4-3-5-13(8-12)21-18(22)15-9-14-6-7-16(15)23-14/h3-5,8,14-16H,6-7,9H2,1-2H3,(H,19,20)(H,21,22)/t14-,15-,16-/m1/s1. The fraction of sp³-hybridized carbons (Fsp3) is 0.444. The van der Waals surface area contributed by atoms with Crippen molar-refractivity contribution in [1.82, 2.24) is 9.97 Å². The number of aryl methyl sites for hydroxylation is 2. The molecule has 0 saturated carbocycles. The van der Waals surface area contributed by atoms with Crippen molar-refractivity contribution in [3.8, 4) is 11.4 Å². The van der Waals surface area contributed by atoms with Crippen LogP contribution in [-0.2, 0) is 9.53 Å². The van der Waals surface area contributed by atoms with Crippen LogP contribution in [0, 0.1) is 19.8 Å². The molecule has 3 heterocycles. The number of H-pyrrole nitrogens is 1. The van der Waals surface area contributed by atoms with E-state index in [1.165, 1.54) is 0 Å². The van der Waals surface area contributed by atoms with Gasteiger partial charge in [0.2, 0.25) is 5.91 Å². The molecule has 1 aromatic heterocycles. The lowest BCUT2D eigenvalue weighted by Gasteiger charge is -2.18. The van der Waals surface area contributed by atoms with Gasteiger partial charge in [0.1, 0.15) is 5.82 Å². The Morgan fingerprint density at radius 3 is 2.87 bits per heavy atom. The van der Waals surface area contributed by atoms with E-state index < -0.39 is 0 Å². The summed E-state index contributed by atoms with van der Waals surface area (Å²) in [6.07, 6.45) is 3.36. The second kappa shape index (κ2) is 5.49. The molecule has 2 aromatic rings. The highest BCUT2D eigenvalue weighted by Crippen LogP contribution is 2.39. The van der Waals surface area contributed by atoms with Gasteiger partial charge >= 0.3 is 0 Å². The lowest BCUT2D eigenvalue weighted by Crippen LogP contribution is -2.30. The van der Waals surface area contributed by atoms with Crippen LogP contribution in [0.5, 0.6) is 0 Å². The maximum atomic E-state index is 12.5. The number of anilines is 1. The Balaban J connectivity index is 1.51. The predicted octanol–water partition coefficient (Wildman–Crippen LogP) is 3.20. The molecule has 2 aliphatic heterocycles. The smallest absolute Gasteiger partial charge is 0.230 e. The second-order valence-electron chi connectivity index (χ2n) is 6.58. The van der Waals surface area contributed by atoms with E-state index in [2.05, 4.69) is 15.3 Å². The van der Waals surface area contributed by atoms with E-state index in [4.69, 9.17) is 4.74 Å². The summed E-state index contributed by atoms with van der Waals surface area (Å²) in [7, 11) is 0. The van der Waals surface area contributed by atoms with Crippen molar-refractivity contribution in [2.24, 2.45) is 5.92 Å². The molecule has 2 N–H and O–H groups in total. The molecule has 3 atom stereocenters. The molecule has 2 fully saturated rings. The van der Waals surface area contributed by atoms with Gasteiger partial charge in [-0.1, -0.05) is 12.1 Å². The Hall–Kier alpha value is -2.14. The number of amides is 1. The van der Waals surface area contributed by atoms with Crippen molar-refractivity contribution in [2.75, 3.05) is 5.32 Å². The van der Waals surface area contributed by atoms with Crippen molar-refractivity contribution in [3.05, 3.63) is 35.7 Å². The van der Waals surface area contributed by atoms with Crippen molar-refractivity contribution >= 4 is 11.6 Å². The Morgan fingerprint density at radius 1 is 1.35 bits per heavy atom. The van der Waals surface area contributed by atoms with E-state index in [1.54, 1.807) is 0 Å². The summed E-state index contributed by atoms with van der Waals surface area (Å²) >= 11 is 0. The lowest BCUT2D eigenvalue weighted by atomic mass is 9.88. The number of fused-ring (bicyclic) bond motifs is 2. The first-order chi connectivity index (χ1) is 11.1. The molecule has 1 aromatic carbocycles. The van der Waals surface area contributed by atoms with E-state index in [0.717, 1.165) is 47.7 Å². The third kappa shape index (κ3) is 2.65. The Kier molecular flexibility index (Phi) is 3.45. The number of benzene rings is 1. The minimum Gasteiger partial charge on any atom is -0.374 e. The fourth-order valence-electron chi connectivity index (χ4n) is 3.58. The molecule has 1 amide bonds. The number of ether oxygens (including phenoxy) is 1. The van der Waals surface area contributed by atoms with E-state index in [0.29, 0.717) is 0 Å². The van der Waals surface area contributed by atoms with Crippen LogP contribution < -0.4 is 5.32 Å². The van der Waals surface area contributed by atoms with Gasteiger partial charge in [0.25, 0.3) is 0 Å². The van der Waals surface area contributed by atoms with Crippen LogP contribution in [0.3, 0.4) is 0 Å². The number of carbonyl (C=O) groups is 1. The van der Waals surface area contributed by atoms with Crippen LogP contribution in [0.1, 0.15) is 30.7 Å². The van der Waals surface area contributed by atoms with Crippen LogP contribution in [0.2, 0.25) is 0 Å². The molecule has 5 nitrogen and oxygen atoms in total. The zero-order valence-corrected chi connectivity index (χ0v) is 13.4. The largest absolute Gasteiger partial charge is 0.374 e. The molecule has 2 saturated heterocycles. The Bertz CT molecular complexity index is 733. The molecule has 2 aliphatic rings. The van der Waals surface area contributed by atoms with Gasteiger partial charge in [0.15, 0.2) is 0 Å². The quantitative estimate of drug-likeness (QED) is 0.914. The third-order valence-corrected chi connectivity index (χ3v) is 4.97. The molecule has 0 aliphatic carbocycles. The van der Waals surface area contributed by atoms with Gasteiger partial charge in [-0.25, -0.2) is 4.98 Å². The van der Waals surface area contributed by atoms with Crippen molar-refractivity contribution < 1.29 is 9.53 Å². The average Bonchev–Trinajstić information content (AvgIpc) is 3.24. The molecule has 120 valence electrons. The number of nitrogens with zero attached hydrogens (tertiary/aromatic N) is 1. The number of nitrogens with one attached hydrogen (secondary N) is 2. The summed E-state index contributed by atoms with van der Waals surface area (Å²) in [4.78, 5) is 20.3. The fourth-order valence-corrected chi connectivity index (χ4v) is 3.58. The van der Waals surface area contributed by atoms with E-state index >= 15 is 0 Å². The topological polar surface area (TPSA) is 67.0 Å². The first-order valence-corrected chi connectivity index (χ1v) is 8.20. The summed E-state index contributed by atoms with van der Waals surface area (Å²) in [6.45, 7) is 3.99. The first kappa shape index (κ1) is 14.5. The maximum absolute atomic E-state index is 12.5. The lowest BCUT2D eigenvalue weighted by molar-refractivity contribution is -0.121. The normalized spacial score (nSPS) is 25.7. The summed E-state index contributed by atoms with van der Waals surface area (Å²) in [6, 6.07) is 7.81. The number of aromatic amines is 1. The van der Waals surface area contributed by atoms with Gasteiger partial charge < -0.3 is 15.0 Å². The van der Waals surface area contributed by atoms with Gasteiger partial charge in [-0.2, -0.15) is 0 Å². The summed E-state index contributed by atoms with van der Waals surface area (Å²) in [5.74, 6) is 0.894. The number of imidazole rings is 1.